The largest absolute Gasteiger partial charge is 0.432 e. The van der Waals surface area contributed by atoms with Gasteiger partial charge in [0.2, 0.25) is 0 Å². The summed E-state index contributed by atoms with van der Waals surface area (Å²) in [5, 5.41) is 0. The Morgan fingerprint density at radius 1 is 0.842 bits per heavy atom. The first kappa shape index (κ1) is 27.7. The van der Waals surface area contributed by atoms with Crippen LogP contribution >= 0.6 is 0 Å². The molecule has 0 spiro atoms. The molecule has 0 unspecified atom stereocenters. The van der Waals surface area contributed by atoms with Gasteiger partial charge < -0.3 is 14.2 Å². The molecular weight excluding hydrogens is 517 g/mol. The first-order valence-corrected chi connectivity index (χ1v) is 11.7. The predicted molar refractivity (Wildman–Crippen MR) is 125 cm³/mol. The summed E-state index contributed by atoms with van der Waals surface area (Å²) < 4.78 is 116. The van der Waals surface area contributed by atoms with Gasteiger partial charge in [0.1, 0.15) is 28.8 Å². The van der Waals surface area contributed by atoms with Crippen LogP contribution in [0.25, 0.3) is 11.1 Å². The van der Waals surface area contributed by atoms with Crippen LogP contribution in [0.2, 0.25) is 0 Å². The van der Waals surface area contributed by atoms with Crippen molar-refractivity contribution in [2.24, 2.45) is 5.92 Å². The first-order valence-electron chi connectivity index (χ1n) is 11.7. The highest BCUT2D eigenvalue weighted by Gasteiger charge is 2.42. The van der Waals surface area contributed by atoms with E-state index < -0.39 is 52.8 Å². The smallest absolute Gasteiger partial charge is 0.429 e. The third-order valence-electron chi connectivity index (χ3n) is 5.99. The third kappa shape index (κ3) is 6.19. The topological polar surface area (TPSA) is 27.7 Å². The fourth-order valence-corrected chi connectivity index (χ4v) is 4.06. The number of halogens is 7. The van der Waals surface area contributed by atoms with E-state index in [0.29, 0.717) is 18.2 Å². The fourth-order valence-electron chi connectivity index (χ4n) is 4.06. The van der Waals surface area contributed by atoms with Gasteiger partial charge in [0, 0.05) is 23.1 Å². The van der Waals surface area contributed by atoms with Gasteiger partial charge in [0.25, 0.3) is 0 Å². The van der Waals surface area contributed by atoms with E-state index in [9.17, 15) is 30.7 Å². The zero-order chi connectivity index (χ0) is 27.4. The maximum absolute atomic E-state index is 14.8. The van der Waals surface area contributed by atoms with Crippen molar-refractivity contribution in [2.75, 3.05) is 13.2 Å². The molecule has 0 aliphatic carbocycles. The Kier molecular flexibility index (Phi) is 8.42. The van der Waals surface area contributed by atoms with Crippen LogP contribution in [0.15, 0.2) is 60.7 Å². The summed E-state index contributed by atoms with van der Waals surface area (Å²) in [7, 11) is 0. The van der Waals surface area contributed by atoms with Crippen LogP contribution < -0.4 is 4.74 Å². The number of ether oxygens (including phenoxy) is 3. The molecule has 1 heterocycles. The molecule has 0 bridgehead atoms. The Hall–Kier alpha value is -3.37. The van der Waals surface area contributed by atoms with Gasteiger partial charge in [-0.1, -0.05) is 18.2 Å². The van der Waals surface area contributed by atoms with Gasteiger partial charge in [-0.2, -0.15) is 8.78 Å². The number of benzene rings is 3. The van der Waals surface area contributed by atoms with E-state index in [1.165, 1.54) is 0 Å². The molecule has 3 nitrogen and oxygen atoms in total. The zero-order valence-corrected chi connectivity index (χ0v) is 20.1. The molecule has 1 aliphatic rings. The van der Waals surface area contributed by atoms with Gasteiger partial charge in [-0.15, -0.1) is 0 Å². The standard InChI is InChI=1S/C28H23F7O3/c1-2-3-4-5-16-14-36-27(37-15-16)18-11-24(32)26(25(33)12-18)28(34,35)38-19-7-8-20(22(30)13-19)17-6-9-21(29)23(31)10-17/h2-3,6-13,16,27H,4-5,14-15H2,1H3/b3-2+. The van der Waals surface area contributed by atoms with E-state index >= 15 is 0 Å². The molecule has 1 aliphatic heterocycles. The Bertz CT molecular complexity index is 1290. The molecule has 0 aromatic heterocycles. The van der Waals surface area contributed by atoms with Gasteiger partial charge in [-0.05, 0) is 61.7 Å². The lowest BCUT2D eigenvalue weighted by molar-refractivity contribution is -0.206. The highest BCUT2D eigenvalue weighted by molar-refractivity contribution is 5.65. The summed E-state index contributed by atoms with van der Waals surface area (Å²) in [6.07, 6.45) is -0.115. The summed E-state index contributed by atoms with van der Waals surface area (Å²) >= 11 is 0. The van der Waals surface area contributed by atoms with Crippen LogP contribution in [-0.4, -0.2) is 13.2 Å². The molecule has 4 rings (SSSR count). The molecule has 10 heteroatoms. The van der Waals surface area contributed by atoms with E-state index in [2.05, 4.69) is 4.74 Å². The van der Waals surface area contributed by atoms with Crippen molar-refractivity contribution in [3.63, 3.8) is 0 Å². The lowest BCUT2D eigenvalue weighted by Crippen LogP contribution is -2.28. The molecule has 0 radical (unpaired) electrons. The van der Waals surface area contributed by atoms with Crippen LogP contribution in [0.3, 0.4) is 0 Å². The second-order valence-corrected chi connectivity index (χ2v) is 8.76. The van der Waals surface area contributed by atoms with Crippen LogP contribution in [0.4, 0.5) is 30.7 Å². The van der Waals surface area contributed by atoms with Crippen molar-refractivity contribution in [3.05, 3.63) is 101 Å². The lowest BCUT2D eigenvalue weighted by Gasteiger charge is -2.30. The number of hydrogen-bond donors (Lipinski definition) is 0. The first-order chi connectivity index (χ1) is 18.1. The molecule has 0 atom stereocenters. The predicted octanol–water partition coefficient (Wildman–Crippen LogP) is 8.20. The van der Waals surface area contributed by atoms with E-state index in [1.54, 1.807) is 0 Å². The Morgan fingerprint density at radius 3 is 2.13 bits per heavy atom. The van der Waals surface area contributed by atoms with Crippen molar-refractivity contribution in [3.8, 4) is 16.9 Å². The van der Waals surface area contributed by atoms with Gasteiger partial charge in [-0.25, -0.2) is 22.0 Å². The fraction of sp³-hybridized carbons (Fsp3) is 0.286. The maximum atomic E-state index is 14.8. The van der Waals surface area contributed by atoms with Gasteiger partial charge in [0.15, 0.2) is 17.9 Å². The summed E-state index contributed by atoms with van der Waals surface area (Å²) in [6.45, 7) is 2.45. The van der Waals surface area contributed by atoms with Crippen LogP contribution in [0, 0.1) is 35.0 Å². The summed E-state index contributed by atoms with van der Waals surface area (Å²) in [4.78, 5) is 0. The summed E-state index contributed by atoms with van der Waals surface area (Å²) in [5.74, 6) is -7.34. The molecule has 3 aromatic rings. The number of alkyl halides is 2. The lowest BCUT2D eigenvalue weighted by atomic mass is 10.0. The van der Waals surface area contributed by atoms with Crippen LogP contribution in [0.5, 0.6) is 5.75 Å². The number of hydrogen-bond acceptors (Lipinski definition) is 3. The molecule has 38 heavy (non-hydrogen) atoms. The normalized spacial score (nSPS) is 18.2. The highest BCUT2D eigenvalue weighted by atomic mass is 19.3. The minimum Gasteiger partial charge on any atom is -0.429 e. The summed E-state index contributed by atoms with van der Waals surface area (Å²) in [5.41, 5.74) is -2.07. The molecule has 0 amide bonds. The molecule has 0 saturated carbocycles. The van der Waals surface area contributed by atoms with E-state index in [4.69, 9.17) is 9.47 Å². The molecule has 202 valence electrons. The SMILES string of the molecule is C/C=C/CCC1COC(c2cc(F)c(C(F)(F)Oc3ccc(-c4ccc(F)c(F)c4)c(F)c3)c(F)c2)OC1. The Labute approximate surface area is 214 Å². The zero-order valence-electron chi connectivity index (χ0n) is 20.1. The molecule has 1 fully saturated rings. The average molecular weight is 540 g/mol. The number of rotatable bonds is 8. The van der Waals surface area contributed by atoms with E-state index in [-0.39, 0.29) is 35.8 Å². The Morgan fingerprint density at radius 2 is 1.53 bits per heavy atom. The van der Waals surface area contributed by atoms with E-state index in [1.807, 2.05) is 19.1 Å². The van der Waals surface area contributed by atoms with Crippen molar-refractivity contribution >= 4 is 0 Å². The quantitative estimate of drug-likeness (QED) is 0.213. The average Bonchev–Trinajstić information content (AvgIpc) is 2.85. The second-order valence-electron chi connectivity index (χ2n) is 8.76. The maximum Gasteiger partial charge on any atom is 0.432 e. The van der Waals surface area contributed by atoms with Crippen molar-refractivity contribution in [1.82, 2.24) is 0 Å². The molecule has 0 N–H and O–H groups in total. The monoisotopic (exact) mass is 540 g/mol. The van der Waals surface area contributed by atoms with Crippen molar-refractivity contribution in [2.45, 2.75) is 32.2 Å². The molecule has 1 saturated heterocycles. The highest BCUT2D eigenvalue weighted by Crippen LogP contribution is 2.38. The second kappa shape index (κ2) is 11.6. The number of allylic oxidation sites excluding steroid dienone is 2. The van der Waals surface area contributed by atoms with Gasteiger partial charge in [-0.3, -0.25) is 0 Å². The van der Waals surface area contributed by atoms with Crippen molar-refractivity contribution in [1.29, 1.82) is 0 Å². The minimum atomic E-state index is -4.52. The minimum absolute atomic E-state index is 0.0522. The molecular formula is C28H23F7O3. The van der Waals surface area contributed by atoms with Crippen LogP contribution in [0.1, 0.15) is 37.2 Å². The Balaban J connectivity index is 1.49. The molecule has 3 aromatic carbocycles. The van der Waals surface area contributed by atoms with Crippen LogP contribution in [-0.2, 0) is 15.6 Å². The summed E-state index contributed by atoms with van der Waals surface area (Å²) in [6, 6.07) is 6.41. The van der Waals surface area contributed by atoms with Gasteiger partial charge >= 0.3 is 6.11 Å². The third-order valence-corrected chi connectivity index (χ3v) is 5.99. The van der Waals surface area contributed by atoms with Crippen molar-refractivity contribution < 1.29 is 44.9 Å². The van der Waals surface area contributed by atoms with E-state index in [0.717, 1.165) is 43.2 Å². The van der Waals surface area contributed by atoms with Gasteiger partial charge in [0.05, 0.1) is 13.2 Å².